The second-order valence-corrected chi connectivity index (χ2v) is 5.42. The number of rotatable bonds is 8. The topological polar surface area (TPSA) is 84.2 Å². The molecule has 7 heteroatoms. The van der Waals surface area contributed by atoms with E-state index in [1.54, 1.807) is 7.05 Å². The summed E-state index contributed by atoms with van der Waals surface area (Å²) in [5, 5.41) is 14.2. The molecule has 21 heavy (non-hydrogen) atoms. The van der Waals surface area contributed by atoms with Crippen LogP contribution in [0.5, 0.6) is 0 Å². The number of hydrogen-bond donors (Lipinski definition) is 1. The second-order valence-electron chi connectivity index (χ2n) is 5.42. The fraction of sp³-hybridized carbons (Fsp3) is 0.714. The van der Waals surface area contributed by atoms with Crippen molar-refractivity contribution in [3.05, 3.63) is 16.4 Å². The van der Waals surface area contributed by atoms with Gasteiger partial charge in [-0.05, 0) is 18.8 Å². The van der Waals surface area contributed by atoms with Gasteiger partial charge in [-0.3, -0.25) is 10.1 Å². The monoisotopic (exact) mass is 295 g/mol. The van der Waals surface area contributed by atoms with Crippen LogP contribution in [0.4, 0.5) is 17.3 Å². The van der Waals surface area contributed by atoms with Crippen molar-refractivity contribution < 1.29 is 4.92 Å². The lowest BCUT2D eigenvalue weighted by molar-refractivity contribution is -0.383. The van der Waals surface area contributed by atoms with Crippen molar-refractivity contribution in [2.24, 2.45) is 5.92 Å². The molecule has 0 saturated heterocycles. The van der Waals surface area contributed by atoms with Gasteiger partial charge in [-0.15, -0.1) is 0 Å². The molecule has 0 atom stereocenters. The summed E-state index contributed by atoms with van der Waals surface area (Å²) >= 11 is 0. The Morgan fingerprint density at radius 3 is 2.38 bits per heavy atom. The van der Waals surface area contributed by atoms with Crippen molar-refractivity contribution in [1.82, 2.24) is 9.97 Å². The number of aromatic nitrogens is 2. The average molecular weight is 295 g/mol. The Morgan fingerprint density at radius 1 is 1.33 bits per heavy atom. The van der Waals surface area contributed by atoms with Gasteiger partial charge < -0.3 is 10.2 Å². The smallest absolute Gasteiger partial charge is 0.353 e. The first-order chi connectivity index (χ1) is 9.96. The highest BCUT2D eigenvalue weighted by Crippen LogP contribution is 2.33. The molecule has 1 rings (SSSR count). The van der Waals surface area contributed by atoms with E-state index in [4.69, 9.17) is 0 Å². The first kappa shape index (κ1) is 17.1. The lowest BCUT2D eigenvalue weighted by Gasteiger charge is -2.32. The van der Waals surface area contributed by atoms with Crippen molar-refractivity contribution in [1.29, 1.82) is 0 Å². The van der Waals surface area contributed by atoms with Crippen LogP contribution in [0.2, 0.25) is 0 Å². The predicted octanol–water partition coefficient (Wildman–Crippen LogP) is 3.08. The van der Waals surface area contributed by atoms with Crippen LogP contribution >= 0.6 is 0 Å². The number of anilines is 2. The minimum absolute atomic E-state index is 0.0486. The van der Waals surface area contributed by atoms with Gasteiger partial charge >= 0.3 is 5.69 Å². The summed E-state index contributed by atoms with van der Waals surface area (Å²) in [6.07, 6.45) is 3.21. The van der Waals surface area contributed by atoms with Gasteiger partial charge in [-0.25, -0.2) is 9.97 Å². The first-order valence-corrected chi connectivity index (χ1v) is 7.39. The van der Waals surface area contributed by atoms with E-state index >= 15 is 0 Å². The molecule has 0 fully saturated rings. The summed E-state index contributed by atoms with van der Waals surface area (Å²) in [6.45, 7) is 9.11. The van der Waals surface area contributed by atoms with Gasteiger partial charge in [-0.2, -0.15) is 0 Å². The Balaban J connectivity index is 3.38. The molecule has 0 aliphatic rings. The number of nitro groups is 1. The third kappa shape index (κ3) is 4.03. The molecule has 0 spiro atoms. The molecule has 0 aliphatic heterocycles. The SMILES string of the molecule is CCC(CC)N(CC(C)C)c1ncnc(NC)c1[N+](=O)[O-]. The maximum Gasteiger partial charge on any atom is 0.353 e. The van der Waals surface area contributed by atoms with E-state index in [0.717, 1.165) is 19.4 Å². The van der Waals surface area contributed by atoms with Crippen molar-refractivity contribution in [3.63, 3.8) is 0 Å². The van der Waals surface area contributed by atoms with E-state index in [1.807, 2.05) is 4.90 Å². The van der Waals surface area contributed by atoms with Crippen LogP contribution in [-0.4, -0.2) is 34.5 Å². The van der Waals surface area contributed by atoms with Crippen molar-refractivity contribution in [2.75, 3.05) is 23.8 Å². The molecule has 1 aromatic heterocycles. The van der Waals surface area contributed by atoms with E-state index in [9.17, 15) is 10.1 Å². The molecule has 0 radical (unpaired) electrons. The van der Waals surface area contributed by atoms with E-state index in [2.05, 4.69) is 43.0 Å². The zero-order valence-electron chi connectivity index (χ0n) is 13.5. The molecule has 7 nitrogen and oxygen atoms in total. The van der Waals surface area contributed by atoms with E-state index in [1.165, 1.54) is 6.33 Å². The molecular formula is C14H25N5O2. The molecule has 0 amide bonds. The Morgan fingerprint density at radius 2 is 1.95 bits per heavy atom. The number of hydrogen-bond acceptors (Lipinski definition) is 6. The normalized spacial score (nSPS) is 11.0. The number of nitrogens with one attached hydrogen (secondary N) is 1. The van der Waals surface area contributed by atoms with Crippen molar-refractivity contribution >= 4 is 17.3 Å². The van der Waals surface area contributed by atoms with Gasteiger partial charge in [0.1, 0.15) is 6.33 Å². The first-order valence-electron chi connectivity index (χ1n) is 7.39. The highest BCUT2D eigenvalue weighted by molar-refractivity contribution is 5.70. The molecule has 118 valence electrons. The lowest BCUT2D eigenvalue weighted by Crippen LogP contribution is -2.38. The fourth-order valence-electron chi connectivity index (χ4n) is 2.46. The van der Waals surface area contributed by atoms with Gasteiger partial charge in [0.25, 0.3) is 0 Å². The summed E-state index contributed by atoms with van der Waals surface area (Å²) < 4.78 is 0. The molecule has 0 unspecified atom stereocenters. The van der Waals surface area contributed by atoms with E-state index in [-0.39, 0.29) is 17.5 Å². The predicted molar refractivity (Wildman–Crippen MR) is 84.8 cm³/mol. The zero-order valence-corrected chi connectivity index (χ0v) is 13.5. The summed E-state index contributed by atoms with van der Waals surface area (Å²) in [4.78, 5) is 21.3. The van der Waals surface area contributed by atoms with Crippen LogP contribution in [0.3, 0.4) is 0 Å². The number of nitrogens with zero attached hydrogens (tertiary/aromatic N) is 4. The molecule has 1 heterocycles. The Hall–Kier alpha value is -1.92. The molecule has 0 aliphatic carbocycles. The standard InChI is InChI=1S/C14H25N5O2/c1-6-11(7-2)18(8-10(3)4)14-12(19(20)21)13(15-5)16-9-17-14/h9-11H,6-8H2,1-5H3,(H,15,16,17). The van der Waals surface area contributed by atoms with Crippen LogP contribution in [0.15, 0.2) is 6.33 Å². The summed E-state index contributed by atoms with van der Waals surface area (Å²) in [5.41, 5.74) is -0.0486. The second kappa shape index (κ2) is 7.75. The molecular weight excluding hydrogens is 270 g/mol. The quantitative estimate of drug-likeness (QED) is 0.586. The third-order valence-corrected chi connectivity index (χ3v) is 3.44. The van der Waals surface area contributed by atoms with Crippen LogP contribution in [0.1, 0.15) is 40.5 Å². The summed E-state index contributed by atoms with van der Waals surface area (Å²) in [6, 6.07) is 0.228. The fourth-order valence-corrected chi connectivity index (χ4v) is 2.46. The lowest BCUT2D eigenvalue weighted by atomic mass is 10.1. The van der Waals surface area contributed by atoms with Gasteiger partial charge in [-0.1, -0.05) is 27.7 Å². The van der Waals surface area contributed by atoms with E-state index in [0.29, 0.717) is 11.7 Å². The molecule has 1 aromatic rings. The largest absolute Gasteiger partial charge is 0.367 e. The Labute approximate surface area is 125 Å². The minimum atomic E-state index is -0.406. The van der Waals surface area contributed by atoms with Crippen LogP contribution in [0, 0.1) is 16.0 Å². The van der Waals surface area contributed by atoms with Crippen LogP contribution in [-0.2, 0) is 0 Å². The maximum atomic E-state index is 11.4. The zero-order chi connectivity index (χ0) is 16.0. The molecule has 0 aromatic carbocycles. The minimum Gasteiger partial charge on any atom is -0.367 e. The maximum absolute atomic E-state index is 11.4. The van der Waals surface area contributed by atoms with E-state index < -0.39 is 4.92 Å². The third-order valence-electron chi connectivity index (χ3n) is 3.44. The summed E-state index contributed by atoms with van der Waals surface area (Å²) in [5.74, 6) is 1.05. The van der Waals surface area contributed by atoms with Crippen LogP contribution < -0.4 is 10.2 Å². The van der Waals surface area contributed by atoms with Crippen molar-refractivity contribution in [2.45, 2.75) is 46.6 Å². The Kier molecular flexibility index (Phi) is 6.33. The molecule has 0 saturated carbocycles. The Bertz CT molecular complexity index is 474. The molecule has 1 N–H and O–H groups in total. The molecule has 0 bridgehead atoms. The average Bonchev–Trinajstić information content (AvgIpc) is 2.46. The van der Waals surface area contributed by atoms with Gasteiger partial charge in [0, 0.05) is 19.6 Å². The van der Waals surface area contributed by atoms with Crippen molar-refractivity contribution in [3.8, 4) is 0 Å². The highest BCUT2D eigenvalue weighted by atomic mass is 16.6. The highest BCUT2D eigenvalue weighted by Gasteiger charge is 2.29. The van der Waals surface area contributed by atoms with Gasteiger partial charge in [0.15, 0.2) is 0 Å². The van der Waals surface area contributed by atoms with Crippen LogP contribution in [0.25, 0.3) is 0 Å². The van der Waals surface area contributed by atoms with Gasteiger partial charge in [0.05, 0.1) is 4.92 Å². The summed E-state index contributed by atoms with van der Waals surface area (Å²) in [7, 11) is 1.63. The van der Waals surface area contributed by atoms with Gasteiger partial charge in [0.2, 0.25) is 11.6 Å².